The van der Waals surface area contributed by atoms with Crippen molar-refractivity contribution in [1.29, 1.82) is 0 Å². The summed E-state index contributed by atoms with van der Waals surface area (Å²) in [7, 11) is -2.60. The van der Waals surface area contributed by atoms with Crippen molar-refractivity contribution in [3.8, 4) is 0 Å². The van der Waals surface area contributed by atoms with Gasteiger partial charge in [-0.3, -0.25) is 9.59 Å². The summed E-state index contributed by atoms with van der Waals surface area (Å²) in [6.07, 6.45) is 0. The molecule has 0 saturated carbocycles. The molecule has 1 N–H and O–H groups in total. The van der Waals surface area contributed by atoms with Crippen molar-refractivity contribution < 1.29 is 22.7 Å². The highest BCUT2D eigenvalue weighted by molar-refractivity contribution is 7.89. The lowest BCUT2D eigenvalue weighted by atomic mass is 10.2. The Hall–Kier alpha value is -2.13. The van der Waals surface area contributed by atoms with E-state index in [4.69, 9.17) is 27.9 Å². The minimum atomic E-state index is -3.85. The fourth-order valence-corrected chi connectivity index (χ4v) is 3.60. The van der Waals surface area contributed by atoms with Gasteiger partial charge in [0.2, 0.25) is 10.0 Å². The molecule has 0 aromatic heterocycles. The van der Waals surface area contributed by atoms with E-state index >= 15 is 0 Å². The number of amides is 1. The van der Waals surface area contributed by atoms with E-state index in [9.17, 15) is 18.0 Å². The molecule has 1 amide bonds. The lowest BCUT2D eigenvalue weighted by molar-refractivity contribution is -0.147. The van der Waals surface area contributed by atoms with Gasteiger partial charge in [0, 0.05) is 7.05 Å². The summed E-state index contributed by atoms with van der Waals surface area (Å²) in [5.41, 5.74) is 1.18. The van der Waals surface area contributed by atoms with Crippen LogP contribution in [0.2, 0.25) is 10.0 Å². The van der Waals surface area contributed by atoms with E-state index in [1.807, 2.05) is 6.92 Å². The zero-order chi connectivity index (χ0) is 20.9. The molecule has 0 aliphatic carbocycles. The van der Waals surface area contributed by atoms with Crippen LogP contribution >= 0.6 is 23.2 Å². The predicted octanol–water partition coefficient (Wildman–Crippen LogP) is 3.10. The van der Waals surface area contributed by atoms with Crippen LogP contribution in [0.1, 0.15) is 5.56 Å². The van der Waals surface area contributed by atoms with Gasteiger partial charge in [-0.15, -0.1) is 0 Å². The molecule has 2 aromatic rings. The number of likely N-dealkylation sites (N-methyl/N-ethyl adjacent to an activating group) is 1. The SMILES string of the molecule is Cc1ccc(S(=O)(=O)N(C)CC(=O)OCC(=O)Nc2cccc(Cl)c2Cl)cc1. The number of halogens is 2. The normalized spacial score (nSPS) is 11.3. The second kappa shape index (κ2) is 9.38. The van der Waals surface area contributed by atoms with Gasteiger partial charge in [-0.05, 0) is 31.2 Å². The summed E-state index contributed by atoms with van der Waals surface area (Å²) in [5, 5.41) is 2.88. The number of carbonyl (C=O) groups is 2. The van der Waals surface area contributed by atoms with E-state index in [0.717, 1.165) is 9.87 Å². The molecule has 28 heavy (non-hydrogen) atoms. The van der Waals surface area contributed by atoms with Crippen molar-refractivity contribution in [2.75, 3.05) is 25.5 Å². The number of benzene rings is 2. The van der Waals surface area contributed by atoms with Gasteiger partial charge in [-0.1, -0.05) is 47.0 Å². The number of ether oxygens (including phenoxy) is 1. The molecule has 10 heteroatoms. The number of sulfonamides is 1. The predicted molar refractivity (Wildman–Crippen MR) is 107 cm³/mol. The summed E-state index contributed by atoms with van der Waals surface area (Å²) in [6.45, 7) is 0.695. The van der Waals surface area contributed by atoms with Crippen molar-refractivity contribution in [3.05, 3.63) is 58.1 Å². The topological polar surface area (TPSA) is 92.8 Å². The van der Waals surface area contributed by atoms with Gasteiger partial charge in [-0.25, -0.2) is 8.42 Å². The number of hydrogen-bond donors (Lipinski definition) is 1. The van der Waals surface area contributed by atoms with Crippen LogP contribution in [0.4, 0.5) is 5.69 Å². The maximum Gasteiger partial charge on any atom is 0.321 e. The number of aryl methyl sites for hydroxylation is 1. The quantitative estimate of drug-likeness (QED) is 0.662. The smallest absolute Gasteiger partial charge is 0.321 e. The largest absolute Gasteiger partial charge is 0.455 e. The molecule has 0 aliphatic heterocycles. The first-order chi connectivity index (χ1) is 13.1. The van der Waals surface area contributed by atoms with Gasteiger partial charge in [0.05, 0.1) is 20.6 Å². The van der Waals surface area contributed by atoms with Crippen LogP contribution in [0.3, 0.4) is 0 Å². The number of esters is 1. The lowest BCUT2D eigenvalue weighted by Gasteiger charge is -2.16. The van der Waals surface area contributed by atoms with Crippen LogP contribution in [-0.2, 0) is 24.3 Å². The molecule has 7 nitrogen and oxygen atoms in total. The number of nitrogens with zero attached hydrogens (tertiary/aromatic N) is 1. The zero-order valence-corrected chi connectivity index (χ0v) is 17.4. The molecule has 150 valence electrons. The summed E-state index contributed by atoms with van der Waals surface area (Å²) >= 11 is 11.8. The highest BCUT2D eigenvalue weighted by atomic mass is 35.5. The van der Waals surface area contributed by atoms with Gasteiger partial charge in [0.15, 0.2) is 6.61 Å². The Morgan fingerprint density at radius 1 is 1.11 bits per heavy atom. The standard InChI is InChI=1S/C18H18Cl2N2O5S/c1-12-6-8-13(9-7-12)28(25,26)22(2)10-17(24)27-11-16(23)21-15-5-3-4-14(19)18(15)20/h3-9H,10-11H2,1-2H3,(H,21,23). The average Bonchev–Trinajstić information content (AvgIpc) is 2.64. The third kappa shape index (κ3) is 5.68. The fraction of sp³-hybridized carbons (Fsp3) is 0.222. The Balaban J connectivity index is 1.90. The first-order valence-corrected chi connectivity index (χ1v) is 10.2. The van der Waals surface area contributed by atoms with Crippen LogP contribution in [0, 0.1) is 6.92 Å². The number of hydrogen-bond acceptors (Lipinski definition) is 5. The van der Waals surface area contributed by atoms with Gasteiger partial charge < -0.3 is 10.1 Å². The van der Waals surface area contributed by atoms with Crippen molar-refractivity contribution in [2.45, 2.75) is 11.8 Å². The maximum atomic E-state index is 12.4. The third-order valence-corrected chi connectivity index (χ3v) is 6.31. The minimum absolute atomic E-state index is 0.0572. The summed E-state index contributed by atoms with van der Waals surface area (Å²) in [6, 6.07) is 10.9. The Labute approximate surface area is 173 Å². The van der Waals surface area contributed by atoms with E-state index in [1.54, 1.807) is 24.3 Å². The lowest BCUT2D eigenvalue weighted by Crippen LogP contribution is -2.34. The summed E-state index contributed by atoms with van der Waals surface area (Å²) in [5.74, 6) is -1.51. The fourth-order valence-electron chi connectivity index (χ4n) is 2.14. The molecule has 0 saturated heterocycles. The van der Waals surface area contributed by atoms with Crippen molar-refractivity contribution in [1.82, 2.24) is 4.31 Å². The second-order valence-corrected chi connectivity index (χ2v) is 8.71. The Kier molecular flexibility index (Phi) is 7.42. The summed E-state index contributed by atoms with van der Waals surface area (Å²) in [4.78, 5) is 23.9. The molecule has 0 heterocycles. The maximum absolute atomic E-state index is 12.4. The third-order valence-electron chi connectivity index (χ3n) is 3.67. The molecule has 0 aliphatic rings. The van der Waals surface area contributed by atoms with Gasteiger partial charge in [0.1, 0.15) is 6.54 Å². The molecular weight excluding hydrogens is 427 g/mol. The molecule has 2 rings (SSSR count). The Bertz CT molecular complexity index is 978. The molecule has 0 fully saturated rings. The molecule has 2 aromatic carbocycles. The molecule has 0 atom stereocenters. The van der Waals surface area contributed by atoms with Gasteiger partial charge >= 0.3 is 5.97 Å². The Morgan fingerprint density at radius 2 is 1.75 bits per heavy atom. The highest BCUT2D eigenvalue weighted by Crippen LogP contribution is 2.29. The van der Waals surface area contributed by atoms with E-state index in [2.05, 4.69) is 5.32 Å². The number of anilines is 1. The van der Waals surface area contributed by atoms with Crippen molar-refractivity contribution >= 4 is 50.8 Å². The van der Waals surface area contributed by atoms with E-state index < -0.39 is 35.1 Å². The van der Waals surface area contributed by atoms with E-state index in [0.29, 0.717) is 0 Å². The van der Waals surface area contributed by atoms with Crippen LogP contribution in [0.15, 0.2) is 47.4 Å². The minimum Gasteiger partial charge on any atom is -0.455 e. The van der Waals surface area contributed by atoms with Crippen molar-refractivity contribution in [3.63, 3.8) is 0 Å². The molecule has 0 bridgehead atoms. The van der Waals surface area contributed by atoms with Gasteiger partial charge in [0.25, 0.3) is 5.91 Å². The second-order valence-electron chi connectivity index (χ2n) is 5.88. The first kappa shape index (κ1) is 22.2. The first-order valence-electron chi connectivity index (χ1n) is 8.03. The van der Waals surface area contributed by atoms with Crippen molar-refractivity contribution in [2.24, 2.45) is 0 Å². The Morgan fingerprint density at radius 3 is 2.39 bits per heavy atom. The van der Waals surface area contributed by atoms with E-state index in [1.165, 1.54) is 25.2 Å². The zero-order valence-electron chi connectivity index (χ0n) is 15.1. The van der Waals surface area contributed by atoms with Crippen LogP contribution in [0.25, 0.3) is 0 Å². The van der Waals surface area contributed by atoms with E-state index in [-0.39, 0.29) is 20.6 Å². The average molecular weight is 445 g/mol. The summed E-state index contributed by atoms with van der Waals surface area (Å²) < 4.78 is 30.6. The number of nitrogens with one attached hydrogen (secondary N) is 1. The molecule has 0 unspecified atom stereocenters. The van der Waals surface area contributed by atoms with Crippen LogP contribution in [-0.4, -0.2) is 44.8 Å². The molecular formula is C18H18Cl2N2O5S. The number of carbonyl (C=O) groups excluding carboxylic acids is 2. The van der Waals surface area contributed by atoms with Crippen LogP contribution < -0.4 is 5.32 Å². The van der Waals surface area contributed by atoms with Crippen LogP contribution in [0.5, 0.6) is 0 Å². The van der Waals surface area contributed by atoms with Gasteiger partial charge in [-0.2, -0.15) is 4.31 Å². The molecule has 0 spiro atoms. The highest BCUT2D eigenvalue weighted by Gasteiger charge is 2.23. The monoisotopic (exact) mass is 444 g/mol. The number of rotatable bonds is 7. The molecule has 0 radical (unpaired) electrons.